The standard InChI is InChI=1S/C15H18O3S/c16-14(11-5-1-2-6-11)9-12-10-19(17,18)15-8-4-3-7-13(12)15/h3-4,7-8,11-12H,1-2,5-6,9-10H2. The molecule has 4 heteroatoms. The van der Waals surface area contributed by atoms with E-state index in [0.29, 0.717) is 11.3 Å². The highest BCUT2D eigenvalue weighted by Gasteiger charge is 2.36. The Morgan fingerprint density at radius 2 is 1.84 bits per heavy atom. The van der Waals surface area contributed by atoms with Gasteiger partial charge in [-0.25, -0.2) is 8.42 Å². The number of Topliss-reactive ketones (excluding diaryl/α,β-unsaturated/α-hetero) is 1. The Labute approximate surface area is 113 Å². The lowest BCUT2D eigenvalue weighted by Crippen LogP contribution is -2.16. The third-order valence-electron chi connectivity index (χ3n) is 4.37. The second-order valence-corrected chi connectivity index (χ2v) is 7.67. The third kappa shape index (κ3) is 2.34. The van der Waals surface area contributed by atoms with Gasteiger partial charge in [0.15, 0.2) is 9.84 Å². The molecule has 102 valence electrons. The zero-order chi connectivity index (χ0) is 13.5. The highest BCUT2D eigenvalue weighted by molar-refractivity contribution is 7.91. The summed E-state index contributed by atoms with van der Waals surface area (Å²) in [7, 11) is -3.18. The summed E-state index contributed by atoms with van der Waals surface area (Å²) in [6.07, 6.45) is 4.63. The van der Waals surface area contributed by atoms with Crippen LogP contribution in [-0.2, 0) is 14.6 Å². The minimum Gasteiger partial charge on any atom is -0.299 e. The second-order valence-electron chi connectivity index (χ2n) is 5.67. The zero-order valence-corrected chi connectivity index (χ0v) is 11.7. The van der Waals surface area contributed by atoms with E-state index in [-0.39, 0.29) is 23.4 Å². The molecule has 1 atom stereocenters. The Morgan fingerprint density at radius 1 is 1.16 bits per heavy atom. The van der Waals surface area contributed by atoms with E-state index in [1.807, 2.05) is 12.1 Å². The first-order valence-electron chi connectivity index (χ1n) is 6.92. The molecule has 19 heavy (non-hydrogen) atoms. The van der Waals surface area contributed by atoms with Gasteiger partial charge in [0.2, 0.25) is 0 Å². The summed E-state index contributed by atoms with van der Waals surface area (Å²) in [6.45, 7) is 0. The van der Waals surface area contributed by atoms with E-state index in [1.165, 1.54) is 0 Å². The number of carbonyl (C=O) groups is 1. The van der Waals surface area contributed by atoms with Crippen molar-refractivity contribution in [2.45, 2.75) is 42.9 Å². The van der Waals surface area contributed by atoms with Gasteiger partial charge in [-0.15, -0.1) is 0 Å². The van der Waals surface area contributed by atoms with Crippen LogP contribution in [0.2, 0.25) is 0 Å². The second kappa shape index (κ2) is 4.75. The van der Waals surface area contributed by atoms with E-state index in [4.69, 9.17) is 0 Å². The Kier molecular flexibility index (Phi) is 3.21. The normalized spacial score (nSPS) is 25.4. The largest absolute Gasteiger partial charge is 0.299 e. The maximum absolute atomic E-state index is 12.2. The molecule has 1 fully saturated rings. The predicted molar refractivity (Wildman–Crippen MR) is 72.8 cm³/mol. The molecule has 1 aliphatic heterocycles. The van der Waals surface area contributed by atoms with Crippen molar-refractivity contribution in [1.82, 2.24) is 0 Å². The number of fused-ring (bicyclic) bond motifs is 1. The smallest absolute Gasteiger partial charge is 0.179 e. The summed E-state index contributed by atoms with van der Waals surface area (Å²) < 4.78 is 24.1. The molecule has 1 aliphatic carbocycles. The van der Waals surface area contributed by atoms with Gasteiger partial charge in [-0.1, -0.05) is 31.0 Å². The molecule has 0 bridgehead atoms. The SMILES string of the molecule is O=C(CC1CS(=O)(=O)c2ccccc21)C1CCCC1. The number of benzene rings is 1. The highest BCUT2D eigenvalue weighted by atomic mass is 32.2. The van der Waals surface area contributed by atoms with Crippen molar-refractivity contribution in [3.05, 3.63) is 29.8 Å². The molecule has 0 aromatic heterocycles. The van der Waals surface area contributed by atoms with Crippen molar-refractivity contribution in [2.24, 2.45) is 5.92 Å². The van der Waals surface area contributed by atoms with Gasteiger partial charge >= 0.3 is 0 Å². The molecule has 1 unspecified atom stereocenters. The average Bonchev–Trinajstić information content (AvgIpc) is 2.98. The maximum Gasteiger partial charge on any atom is 0.179 e. The van der Waals surface area contributed by atoms with E-state index in [1.54, 1.807) is 12.1 Å². The van der Waals surface area contributed by atoms with Crippen LogP contribution in [0.4, 0.5) is 0 Å². The van der Waals surface area contributed by atoms with Crippen molar-refractivity contribution in [3.63, 3.8) is 0 Å². The molecule has 0 N–H and O–H groups in total. The van der Waals surface area contributed by atoms with Crippen LogP contribution in [0.5, 0.6) is 0 Å². The van der Waals surface area contributed by atoms with Crippen LogP contribution in [-0.4, -0.2) is 20.0 Å². The summed E-state index contributed by atoms with van der Waals surface area (Å²) in [5.41, 5.74) is 0.842. The van der Waals surface area contributed by atoms with Crippen LogP contribution in [0.3, 0.4) is 0 Å². The van der Waals surface area contributed by atoms with Gasteiger partial charge < -0.3 is 0 Å². The molecule has 0 amide bonds. The van der Waals surface area contributed by atoms with Crippen LogP contribution < -0.4 is 0 Å². The average molecular weight is 278 g/mol. The number of hydrogen-bond donors (Lipinski definition) is 0. The fourth-order valence-corrected chi connectivity index (χ4v) is 5.26. The van der Waals surface area contributed by atoms with Crippen molar-refractivity contribution < 1.29 is 13.2 Å². The fourth-order valence-electron chi connectivity index (χ4n) is 3.37. The van der Waals surface area contributed by atoms with Crippen molar-refractivity contribution >= 4 is 15.6 Å². The van der Waals surface area contributed by atoms with Gasteiger partial charge in [0.1, 0.15) is 5.78 Å². The molecule has 1 aromatic carbocycles. The quantitative estimate of drug-likeness (QED) is 0.854. The van der Waals surface area contributed by atoms with Crippen LogP contribution in [0, 0.1) is 5.92 Å². The van der Waals surface area contributed by atoms with Gasteiger partial charge in [0, 0.05) is 18.3 Å². The van der Waals surface area contributed by atoms with Crippen molar-refractivity contribution in [2.75, 3.05) is 5.75 Å². The lowest BCUT2D eigenvalue weighted by molar-refractivity contribution is -0.122. The van der Waals surface area contributed by atoms with Gasteiger partial charge in [0.25, 0.3) is 0 Å². The molecule has 2 aliphatic rings. The minimum atomic E-state index is -3.18. The van der Waals surface area contributed by atoms with E-state index in [2.05, 4.69) is 0 Å². The molecule has 3 rings (SSSR count). The maximum atomic E-state index is 12.2. The van der Waals surface area contributed by atoms with E-state index >= 15 is 0 Å². The monoisotopic (exact) mass is 278 g/mol. The minimum absolute atomic E-state index is 0.102. The van der Waals surface area contributed by atoms with Crippen LogP contribution in [0.15, 0.2) is 29.2 Å². The third-order valence-corrected chi connectivity index (χ3v) is 6.26. The Hall–Kier alpha value is -1.16. The summed E-state index contributed by atoms with van der Waals surface area (Å²) >= 11 is 0. The number of sulfone groups is 1. The first-order chi connectivity index (χ1) is 9.08. The molecule has 1 saturated carbocycles. The molecular weight excluding hydrogens is 260 g/mol. The van der Waals surface area contributed by atoms with Crippen molar-refractivity contribution in [3.8, 4) is 0 Å². The van der Waals surface area contributed by atoms with Crippen molar-refractivity contribution in [1.29, 1.82) is 0 Å². The highest BCUT2D eigenvalue weighted by Crippen LogP contribution is 2.38. The number of rotatable bonds is 3. The lowest BCUT2D eigenvalue weighted by Gasteiger charge is -2.12. The number of carbonyl (C=O) groups excluding carboxylic acids is 1. The predicted octanol–water partition coefficient (Wildman–Crippen LogP) is 2.71. The Bertz CT molecular complexity index is 598. The molecule has 0 saturated heterocycles. The molecule has 0 spiro atoms. The van der Waals surface area contributed by atoms with Crippen LogP contribution in [0.25, 0.3) is 0 Å². The summed E-state index contributed by atoms with van der Waals surface area (Å²) in [5.74, 6) is 0.407. The summed E-state index contributed by atoms with van der Waals surface area (Å²) in [4.78, 5) is 12.7. The summed E-state index contributed by atoms with van der Waals surface area (Å²) in [5, 5.41) is 0. The van der Waals surface area contributed by atoms with E-state index in [0.717, 1.165) is 31.2 Å². The van der Waals surface area contributed by atoms with Gasteiger partial charge in [-0.2, -0.15) is 0 Å². The zero-order valence-electron chi connectivity index (χ0n) is 10.8. The van der Waals surface area contributed by atoms with Gasteiger partial charge in [0.05, 0.1) is 10.6 Å². The van der Waals surface area contributed by atoms with Gasteiger partial charge in [-0.05, 0) is 24.5 Å². The molecule has 0 radical (unpaired) electrons. The topological polar surface area (TPSA) is 51.2 Å². The lowest BCUT2D eigenvalue weighted by atomic mass is 9.90. The molecule has 3 nitrogen and oxygen atoms in total. The first kappa shape index (κ1) is 12.9. The molecule has 1 aromatic rings. The Morgan fingerprint density at radius 3 is 2.58 bits per heavy atom. The number of ketones is 1. The molecule has 1 heterocycles. The summed E-state index contributed by atoms with van der Waals surface area (Å²) in [6, 6.07) is 7.11. The molecular formula is C15H18O3S. The fraction of sp³-hybridized carbons (Fsp3) is 0.533. The van der Waals surface area contributed by atoms with Gasteiger partial charge in [-0.3, -0.25) is 4.79 Å². The van der Waals surface area contributed by atoms with E-state index in [9.17, 15) is 13.2 Å². The van der Waals surface area contributed by atoms with E-state index < -0.39 is 9.84 Å². The number of hydrogen-bond acceptors (Lipinski definition) is 3. The van der Waals surface area contributed by atoms with Crippen LogP contribution >= 0.6 is 0 Å². The van der Waals surface area contributed by atoms with Crippen LogP contribution in [0.1, 0.15) is 43.6 Å². The first-order valence-corrected chi connectivity index (χ1v) is 8.57. The Balaban J connectivity index is 1.82.